The van der Waals surface area contributed by atoms with E-state index in [2.05, 4.69) is 27.8 Å². The van der Waals surface area contributed by atoms with Crippen LogP contribution in [0, 0.1) is 18.7 Å². The van der Waals surface area contributed by atoms with E-state index in [1.54, 1.807) is 55.5 Å². The van der Waals surface area contributed by atoms with Gasteiger partial charge in [-0.3, -0.25) is 9.59 Å². The van der Waals surface area contributed by atoms with Crippen molar-refractivity contribution in [3.8, 4) is 0 Å². The first kappa shape index (κ1) is 35.7. The van der Waals surface area contributed by atoms with Gasteiger partial charge >= 0.3 is 5.97 Å². The first-order chi connectivity index (χ1) is 21.7. The standard InChI is InChI=1S/C34H35Cl2FINO5S/c1-22-18-26(23(2)24-12-14-43-15-13-24)19-30(37)33(22)34(42-3,27-6-10-29(36)11-7-27)39(21-40)31(20-32(41)44-16-17-45-38)25-4-8-28(35)9-5-25/h4-11,18-19,21,24,31H,2,12-17,20H2,1,3H3. The number of carbonyl (C=O) groups excluding carboxylic acids is 2. The summed E-state index contributed by atoms with van der Waals surface area (Å²) in [4.78, 5) is 27.9. The number of ether oxygens (including phenoxy) is 3. The number of hydrogen-bond donors (Lipinski definition) is 0. The molecule has 0 bridgehead atoms. The Morgan fingerprint density at radius 1 is 1.16 bits per heavy atom. The lowest BCUT2D eigenvalue weighted by Gasteiger charge is -2.46. The van der Waals surface area contributed by atoms with Crippen LogP contribution in [0.4, 0.5) is 4.39 Å². The summed E-state index contributed by atoms with van der Waals surface area (Å²) in [5.41, 5.74) is 1.38. The number of carbonyl (C=O) groups is 2. The minimum absolute atomic E-state index is 0.122. The van der Waals surface area contributed by atoms with Crippen LogP contribution in [0.5, 0.6) is 0 Å². The van der Waals surface area contributed by atoms with Crippen molar-refractivity contribution < 1.29 is 28.2 Å². The van der Waals surface area contributed by atoms with Crippen molar-refractivity contribution in [1.82, 2.24) is 4.90 Å². The van der Waals surface area contributed by atoms with E-state index in [1.165, 1.54) is 27.0 Å². The zero-order chi connectivity index (χ0) is 32.6. The van der Waals surface area contributed by atoms with Crippen LogP contribution in [0.25, 0.3) is 5.57 Å². The maximum atomic E-state index is 16.7. The quantitative estimate of drug-likeness (QED) is 0.0535. The molecular weight excluding hydrogens is 751 g/mol. The Bertz CT molecular complexity index is 1460. The maximum Gasteiger partial charge on any atom is 0.308 e. The van der Waals surface area contributed by atoms with Crippen LogP contribution in [-0.4, -0.2) is 50.0 Å². The molecule has 45 heavy (non-hydrogen) atoms. The topological polar surface area (TPSA) is 65.1 Å². The Labute approximate surface area is 290 Å². The van der Waals surface area contributed by atoms with Crippen LogP contribution < -0.4 is 0 Å². The number of methoxy groups -OCH3 is 1. The predicted molar refractivity (Wildman–Crippen MR) is 187 cm³/mol. The van der Waals surface area contributed by atoms with Crippen molar-refractivity contribution in [2.24, 2.45) is 5.92 Å². The second kappa shape index (κ2) is 16.6. The lowest BCUT2D eigenvalue weighted by atomic mass is 9.83. The summed E-state index contributed by atoms with van der Waals surface area (Å²) in [7, 11) is 2.93. The average Bonchev–Trinajstić information content (AvgIpc) is 3.04. The summed E-state index contributed by atoms with van der Waals surface area (Å²) >= 11 is 14.6. The van der Waals surface area contributed by atoms with E-state index in [9.17, 15) is 9.59 Å². The molecule has 3 aromatic rings. The Kier molecular flexibility index (Phi) is 13.2. The molecule has 0 spiro atoms. The zero-order valence-electron chi connectivity index (χ0n) is 25.1. The molecule has 1 fully saturated rings. The Balaban J connectivity index is 1.91. The van der Waals surface area contributed by atoms with Gasteiger partial charge in [0.05, 0.1) is 12.5 Å². The predicted octanol–water partition coefficient (Wildman–Crippen LogP) is 8.94. The lowest BCUT2D eigenvalue weighted by Crippen LogP contribution is -2.51. The van der Waals surface area contributed by atoms with Crippen molar-refractivity contribution in [2.75, 3.05) is 32.7 Å². The first-order valence-electron chi connectivity index (χ1n) is 14.4. The highest BCUT2D eigenvalue weighted by Crippen LogP contribution is 2.46. The molecule has 0 N–H and O–H groups in total. The molecule has 6 nitrogen and oxygen atoms in total. The van der Waals surface area contributed by atoms with Crippen molar-refractivity contribution in [3.63, 3.8) is 0 Å². The molecule has 0 aliphatic carbocycles. The molecule has 1 amide bonds. The fraction of sp³-hybridized carbons (Fsp3) is 0.353. The number of aryl methyl sites for hydroxylation is 1. The molecule has 0 aromatic heterocycles. The van der Waals surface area contributed by atoms with Gasteiger partial charge in [-0.1, -0.05) is 69.0 Å². The van der Waals surface area contributed by atoms with E-state index in [4.69, 9.17) is 37.4 Å². The number of hydrogen-bond acceptors (Lipinski definition) is 6. The normalized spacial score (nSPS) is 15.6. The van der Waals surface area contributed by atoms with Gasteiger partial charge in [0.2, 0.25) is 6.41 Å². The highest BCUT2D eigenvalue weighted by Gasteiger charge is 2.47. The van der Waals surface area contributed by atoms with E-state index >= 15 is 4.39 Å². The third-order valence-corrected chi connectivity index (χ3v) is 10.2. The molecule has 0 radical (unpaired) electrons. The highest BCUT2D eigenvalue weighted by molar-refractivity contribution is 14.2. The number of halogens is 4. The SMILES string of the molecule is C=C(c1cc(C)c(C(OC)(c2ccc(Cl)cc2)N(C=O)C(CC(=O)OCCSI)c2ccc(Cl)cc2)c(F)c1)C1CCOCC1. The maximum absolute atomic E-state index is 16.7. The molecule has 240 valence electrons. The van der Waals surface area contributed by atoms with Crippen LogP contribution in [0.3, 0.4) is 0 Å². The van der Waals surface area contributed by atoms with Crippen molar-refractivity contribution in [1.29, 1.82) is 0 Å². The average molecular weight is 787 g/mol. The molecule has 4 rings (SSSR count). The van der Waals surface area contributed by atoms with E-state index < -0.39 is 23.6 Å². The highest BCUT2D eigenvalue weighted by atomic mass is 127. The van der Waals surface area contributed by atoms with Gasteiger partial charge in [0, 0.05) is 47.2 Å². The Morgan fingerprint density at radius 3 is 2.33 bits per heavy atom. The molecule has 11 heteroatoms. The number of esters is 1. The van der Waals surface area contributed by atoms with Gasteiger partial charge in [0.1, 0.15) is 12.4 Å². The summed E-state index contributed by atoms with van der Waals surface area (Å²) in [6, 6.07) is 15.9. The Hall–Kier alpha value is -2.15. The molecule has 2 unspecified atom stereocenters. The summed E-state index contributed by atoms with van der Waals surface area (Å²) in [5, 5.41) is 0.933. The van der Waals surface area contributed by atoms with Gasteiger partial charge in [-0.15, -0.1) is 0 Å². The first-order valence-corrected chi connectivity index (χ1v) is 18.7. The fourth-order valence-electron chi connectivity index (χ4n) is 5.90. The van der Waals surface area contributed by atoms with Gasteiger partial charge in [0.25, 0.3) is 0 Å². The van der Waals surface area contributed by atoms with Crippen LogP contribution in [0.2, 0.25) is 10.0 Å². The monoisotopic (exact) mass is 785 g/mol. The lowest BCUT2D eigenvalue weighted by molar-refractivity contribution is -0.162. The molecule has 1 heterocycles. The van der Waals surface area contributed by atoms with Crippen LogP contribution >= 0.6 is 53.3 Å². The summed E-state index contributed by atoms with van der Waals surface area (Å²) in [5.74, 6) is -0.325. The van der Waals surface area contributed by atoms with E-state index in [-0.39, 0.29) is 24.5 Å². The summed E-state index contributed by atoms with van der Waals surface area (Å²) in [6.07, 6.45) is 1.98. The van der Waals surface area contributed by atoms with E-state index in [0.717, 1.165) is 18.4 Å². The van der Waals surface area contributed by atoms with Crippen molar-refractivity contribution in [3.05, 3.63) is 111 Å². The molecule has 1 saturated heterocycles. The second-order valence-corrected chi connectivity index (χ2v) is 14.1. The second-order valence-electron chi connectivity index (χ2n) is 10.7. The molecule has 3 aromatic carbocycles. The van der Waals surface area contributed by atoms with Crippen molar-refractivity contribution in [2.45, 2.75) is 38.0 Å². The molecule has 0 saturated carbocycles. The summed E-state index contributed by atoms with van der Waals surface area (Å²) in [6.45, 7) is 7.55. The largest absolute Gasteiger partial charge is 0.465 e. The van der Waals surface area contributed by atoms with Gasteiger partial charge in [-0.05, 0) is 99.5 Å². The third kappa shape index (κ3) is 8.23. The molecule has 1 aliphatic heterocycles. The van der Waals surface area contributed by atoms with Crippen LogP contribution in [-0.2, 0) is 29.5 Å². The molecular formula is C34H35Cl2FINO5S. The minimum atomic E-state index is -1.82. The summed E-state index contributed by atoms with van der Waals surface area (Å²) < 4.78 is 34.0. The fourth-order valence-corrected chi connectivity index (χ4v) is 6.83. The smallest absolute Gasteiger partial charge is 0.308 e. The zero-order valence-corrected chi connectivity index (χ0v) is 29.6. The van der Waals surface area contributed by atoms with Crippen molar-refractivity contribution >= 4 is 71.3 Å². The third-order valence-electron chi connectivity index (χ3n) is 8.09. The number of benzene rings is 3. The number of rotatable bonds is 14. The van der Waals surface area contributed by atoms with E-state index in [0.29, 0.717) is 57.7 Å². The van der Waals surface area contributed by atoms with Gasteiger partial charge in [-0.2, -0.15) is 0 Å². The van der Waals surface area contributed by atoms with Gasteiger partial charge in [-0.25, -0.2) is 4.39 Å². The number of nitrogens with zero attached hydrogens (tertiary/aromatic N) is 1. The Morgan fingerprint density at radius 2 is 1.78 bits per heavy atom. The molecule has 2 atom stereocenters. The molecule has 1 aliphatic rings. The van der Waals surface area contributed by atoms with Gasteiger partial charge < -0.3 is 19.1 Å². The minimum Gasteiger partial charge on any atom is -0.465 e. The number of amides is 1. The van der Waals surface area contributed by atoms with Crippen LogP contribution in [0.1, 0.15) is 53.1 Å². The van der Waals surface area contributed by atoms with E-state index in [1.807, 2.05) is 6.07 Å². The van der Waals surface area contributed by atoms with Crippen LogP contribution in [0.15, 0.2) is 67.2 Å². The van der Waals surface area contributed by atoms with Gasteiger partial charge in [0.15, 0.2) is 5.72 Å². The number of allylic oxidation sites excluding steroid dienone is 1.